The lowest BCUT2D eigenvalue weighted by molar-refractivity contribution is 0.0934. The molecule has 0 bridgehead atoms. The second kappa shape index (κ2) is 11.4. The SMILES string of the molecule is CC(C)(C)c1ccc(C(=O)NNC(=S)NC(=O)c2cccc(OCCc3ccccc3)c2)cc1. The number of amides is 2. The largest absolute Gasteiger partial charge is 0.493 e. The summed E-state index contributed by atoms with van der Waals surface area (Å²) in [6, 6.07) is 24.2. The van der Waals surface area contributed by atoms with E-state index in [9.17, 15) is 9.59 Å². The van der Waals surface area contributed by atoms with Crippen LogP contribution in [-0.4, -0.2) is 23.5 Å². The fourth-order valence-corrected chi connectivity index (χ4v) is 3.32. The van der Waals surface area contributed by atoms with Crippen molar-refractivity contribution in [2.24, 2.45) is 0 Å². The molecule has 3 rings (SSSR count). The van der Waals surface area contributed by atoms with E-state index in [0.717, 1.165) is 12.0 Å². The zero-order valence-corrected chi connectivity index (χ0v) is 20.4. The summed E-state index contributed by atoms with van der Waals surface area (Å²) < 4.78 is 5.78. The second-order valence-electron chi connectivity index (χ2n) is 8.80. The standard InChI is InChI=1S/C27H29N3O3S/c1-27(2,3)22-14-12-20(13-15-22)25(32)29-30-26(34)28-24(31)21-10-7-11-23(18-21)33-17-16-19-8-5-4-6-9-19/h4-15,18H,16-17H2,1-3H3,(H,29,32)(H2,28,30,31,34). The normalized spacial score (nSPS) is 10.8. The molecule has 7 heteroatoms. The number of hydrogen-bond acceptors (Lipinski definition) is 4. The molecule has 3 aromatic rings. The first-order chi connectivity index (χ1) is 16.2. The van der Waals surface area contributed by atoms with Gasteiger partial charge < -0.3 is 4.74 Å². The van der Waals surface area contributed by atoms with E-state index in [2.05, 4.69) is 36.9 Å². The minimum atomic E-state index is -0.408. The van der Waals surface area contributed by atoms with E-state index in [1.165, 1.54) is 5.56 Å². The summed E-state index contributed by atoms with van der Waals surface area (Å²) >= 11 is 5.14. The van der Waals surface area contributed by atoms with Crippen molar-refractivity contribution in [2.75, 3.05) is 6.61 Å². The number of ether oxygens (including phenoxy) is 1. The van der Waals surface area contributed by atoms with Gasteiger partial charge in [0.2, 0.25) is 0 Å². The minimum absolute atomic E-state index is 0.00331. The molecule has 0 aliphatic heterocycles. The Morgan fingerprint density at radius 2 is 1.53 bits per heavy atom. The fourth-order valence-electron chi connectivity index (χ4n) is 3.17. The van der Waals surface area contributed by atoms with E-state index >= 15 is 0 Å². The Balaban J connectivity index is 1.47. The summed E-state index contributed by atoms with van der Waals surface area (Å²) in [6.07, 6.45) is 0.768. The number of rotatable bonds is 6. The van der Waals surface area contributed by atoms with Crippen LogP contribution < -0.4 is 20.9 Å². The molecule has 0 heterocycles. The predicted molar refractivity (Wildman–Crippen MR) is 138 cm³/mol. The van der Waals surface area contributed by atoms with Crippen molar-refractivity contribution >= 4 is 29.1 Å². The average Bonchev–Trinajstić information content (AvgIpc) is 2.83. The van der Waals surface area contributed by atoms with Gasteiger partial charge in [-0.15, -0.1) is 0 Å². The molecule has 0 atom stereocenters. The minimum Gasteiger partial charge on any atom is -0.493 e. The molecule has 34 heavy (non-hydrogen) atoms. The van der Waals surface area contributed by atoms with E-state index < -0.39 is 5.91 Å². The van der Waals surface area contributed by atoms with Gasteiger partial charge in [0.05, 0.1) is 6.61 Å². The molecule has 0 fully saturated rings. The molecule has 3 N–H and O–H groups in total. The van der Waals surface area contributed by atoms with Crippen LogP contribution >= 0.6 is 12.2 Å². The molecule has 0 saturated heterocycles. The van der Waals surface area contributed by atoms with Crippen LogP contribution in [0.2, 0.25) is 0 Å². The first kappa shape index (κ1) is 24.9. The molecule has 0 unspecified atom stereocenters. The highest BCUT2D eigenvalue weighted by molar-refractivity contribution is 7.80. The number of carbonyl (C=O) groups excluding carboxylic acids is 2. The molecule has 0 radical (unpaired) electrons. The highest BCUT2D eigenvalue weighted by Gasteiger charge is 2.15. The Bertz CT molecular complexity index is 1140. The summed E-state index contributed by atoms with van der Waals surface area (Å²) in [5.41, 5.74) is 8.25. The van der Waals surface area contributed by atoms with Crippen molar-refractivity contribution in [2.45, 2.75) is 32.6 Å². The number of hydrogen-bond donors (Lipinski definition) is 3. The molecule has 6 nitrogen and oxygen atoms in total. The molecule has 176 valence electrons. The van der Waals surface area contributed by atoms with Gasteiger partial charge in [-0.3, -0.25) is 25.8 Å². The highest BCUT2D eigenvalue weighted by Crippen LogP contribution is 2.22. The van der Waals surface area contributed by atoms with Crippen LogP contribution in [0.4, 0.5) is 0 Å². The third-order valence-corrected chi connectivity index (χ3v) is 5.33. The Kier molecular flexibility index (Phi) is 8.38. The quantitative estimate of drug-likeness (QED) is 0.360. The Morgan fingerprint density at radius 3 is 2.21 bits per heavy atom. The first-order valence-corrected chi connectivity index (χ1v) is 11.4. The van der Waals surface area contributed by atoms with Gasteiger partial charge in [-0.2, -0.15) is 0 Å². The summed E-state index contributed by atoms with van der Waals surface area (Å²) in [4.78, 5) is 24.9. The maximum absolute atomic E-state index is 12.5. The molecular formula is C27H29N3O3S. The molecule has 2 amide bonds. The third-order valence-electron chi connectivity index (χ3n) is 5.13. The number of hydrazine groups is 1. The van der Waals surface area contributed by atoms with E-state index in [1.54, 1.807) is 36.4 Å². The van der Waals surface area contributed by atoms with E-state index in [-0.39, 0.29) is 16.4 Å². The Labute approximate surface area is 205 Å². The van der Waals surface area contributed by atoms with Gasteiger partial charge in [-0.1, -0.05) is 69.3 Å². The topological polar surface area (TPSA) is 79.5 Å². The van der Waals surface area contributed by atoms with Crippen LogP contribution in [0.3, 0.4) is 0 Å². The second-order valence-corrected chi connectivity index (χ2v) is 9.21. The lowest BCUT2D eigenvalue weighted by Crippen LogP contribution is -2.48. The summed E-state index contributed by atoms with van der Waals surface area (Å²) in [6.45, 7) is 6.82. The molecule has 3 aromatic carbocycles. The molecular weight excluding hydrogens is 446 g/mol. The van der Waals surface area contributed by atoms with Crippen LogP contribution in [0.1, 0.15) is 52.6 Å². The Morgan fingerprint density at radius 1 is 0.824 bits per heavy atom. The van der Waals surface area contributed by atoms with Gasteiger partial charge >= 0.3 is 0 Å². The van der Waals surface area contributed by atoms with E-state index in [1.807, 2.05) is 42.5 Å². The predicted octanol–water partition coefficient (Wildman–Crippen LogP) is 4.55. The number of carbonyl (C=O) groups is 2. The number of benzene rings is 3. The van der Waals surface area contributed by atoms with Crippen molar-refractivity contribution in [1.29, 1.82) is 0 Å². The average molecular weight is 476 g/mol. The van der Waals surface area contributed by atoms with Gasteiger partial charge in [0.1, 0.15) is 5.75 Å². The lowest BCUT2D eigenvalue weighted by atomic mass is 9.87. The molecule has 0 spiro atoms. The van der Waals surface area contributed by atoms with Crippen LogP contribution in [0.25, 0.3) is 0 Å². The van der Waals surface area contributed by atoms with Crippen molar-refractivity contribution < 1.29 is 14.3 Å². The summed E-state index contributed by atoms with van der Waals surface area (Å²) in [5.74, 6) is -0.171. The van der Waals surface area contributed by atoms with Crippen molar-refractivity contribution in [3.8, 4) is 5.75 Å². The number of nitrogens with one attached hydrogen (secondary N) is 3. The van der Waals surface area contributed by atoms with Gasteiger partial charge in [0.25, 0.3) is 11.8 Å². The fraction of sp³-hybridized carbons (Fsp3) is 0.222. The molecule has 0 saturated carbocycles. The first-order valence-electron chi connectivity index (χ1n) is 11.0. The van der Waals surface area contributed by atoms with Crippen LogP contribution in [0.5, 0.6) is 5.75 Å². The summed E-state index contributed by atoms with van der Waals surface area (Å²) in [7, 11) is 0. The van der Waals surface area contributed by atoms with E-state index in [0.29, 0.717) is 23.5 Å². The zero-order valence-electron chi connectivity index (χ0n) is 19.6. The van der Waals surface area contributed by atoms with Crippen molar-refractivity contribution in [3.05, 3.63) is 101 Å². The van der Waals surface area contributed by atoms with Crippen LogP contribution in [0, 0.1) is 0 Å². The highest BCUT2D eigenvalue weighted by atomic mass is 32.1. The summed E-state index contributed by atoms with van der Waals surface area (Å²) in [5, 5.41) is 2.54. The van der Waals surface area contributed by atoms with Gasteiger partial charge in [0.15, 0.2) is 5.11 Å². The van der Waals surface area contributed by atoms with Gasteiger partial charge in [-0.05, 0) is 59.1 Å². The smallest absolute Gasteiger partial charge is 0.269 e. The maximum Gasteiger partial charge on any atom is 0.269 e. The molecule has 0 aromatic heterocycles. The molecule has 0 aliphatic carbocycles. The van der Waals surface area contributed by atoms with Crippen molar-refractivity contribution in [1.82, 2.24) is 16.2 Å². The third kappa shape index (κ3) is 7.42. The maximum atomic E-state index is 12.5. The van der Waals surface area contributed by atoms with Crippen molar-refractivity contribution in [3.63, 3.8) is 0 Å². The van der Waals surface area contributed by atoms with Crippen LogP contribution in [-0.2, 0) is 11.8 Å². The number of thiocarbonyl (C=S) groups is 1. The molecule has 0 aliphatic rings. The lowest BCUT2D eigenvalue weighted by Gasteiger charge is -2.19. The van der Waals surface area contributed by atoms with Crippen LogP contribution in [0.15, 0.2) is 78.9 Å². The Hall–Kier alpha value is -3.71. The van der Waals surface area contributed by atoms with Gasteiger partial charge in [-0.25, -0.2) is 0 Å². The zero-order chi connectivity index (χ0) is 24.6. The monoisotopic (exact) mass is 475 g/mol. The van der Waals surface area contributed by atoms with E-state index in [4.69, 9.17) is 17.0 Å². The van der Waals surface area contributed by atoms with Gasteiger partial charge in [0, 0.05) is 17.5 Å².